The van der Waals surface area contributed by atoms with Crippen molar-refractivity contribution in [3.8, 4) is 5.75 Å². The van der Waals surface area contributed by atoms with Crippen molar-refractivity contribution in [2.45, 2.75) is 44.9 Å². The number of hydrogen-bond acceptors (Lipinski definition) is 2. The molecule has 1 fully saturated rings. The van der Waals surface area contributed by atoms with Crippen LogP contribution in [0.25, 0.3) is 0 Å². The average Bonchev–Trinajstić information content (AvgIpc) is 2.97. The van der Waals surface area contributed by atoms with Gasteiger partial charge in [0.1, 0.15) is 5.75 Å². The number of rotatable bonds is 3. The van der Waals surface area contributed by atoms with Crippen LogP contribution in [-0.4, -0.2) is 16.2 Å². The van der Waals surface area contributed by atoms with Crippen LogP contribution in [0.2, 0.25) is 0 Å². The van der Waals surface area contributed by atoms with Crippen molar-refractivity contribution in [2.24, 2.45) is 0 Å². The second-order valence-electron chi connectivity index (χ2n) is 5.27. The van der Waals surface area contributed by atoms with E-state index < -0.39 is 11.4 Å². The van der Waals surface area contributed by atoms with E-state index in [0.29, 0.717) is 24.3 Å². The summed E-state index contributed by atoms with van der Waals surface area (Å²) in [6, 6.07) is 3.56. The Morgan fingerprint density at radius 3 is 2.35 bits per heavy atom. The van der Waals surface area contributed by atoms with Gasteiger partial charge in [-0.3, -0.25) is 4.79 Å². The summed E-state index contributed by atoms with van der Waals surface area (Å²) in [5.74, 6) is -0.378. The lowest BCUT2D eigenvalue weighted by molar-refractivity contribution is -0.140. The lowest BCUT2D eigenvalue weighted by atomic mass is 9.88. The Labute approximate surface area is 101 Å². The van der Waals surface area contributed by atoms with Crippen molar-refractivity contribution >= 4 is 5.97 Å². The van der Waals surface area contributed by atoms with Crippen molar-refractivity contribution in [2.75, 3.05) is 0 Å². The van der Waals surface area contributed by atoms with E-state index in [1.807, 2.05) is 13.0 Å². The van der Waals surface area contributed by atoms with E-state index in [2.05, 4.69) is 13.8 Å². The molecule has 0 bridgehead atoms. The molecule has 1 aliphatic carbocycles. The summed E-state index contributed by atoms with van der Waals surface area (Å²) in [5.41, 5.74) is 1.88. The molecule has 1 aromatic carbocycles. The highest BCUT2D eigenvalue weighted by atomic mass is 16.4. The molecule has 1 saturated carbocycles. The molecule has 17 heavy (non-hydrogen) atoms. The minimum Gasteiger partial charge on any atom is -0.508 e. The van der Waals surface area contributed by atoms with Crippen LogP contribution in [0.3, 0.4) is 0 Å². The van der Waals surface area contributed by atoms with Gasteiger partial charge in [0.15, 0.2) is 0 Å². The number of aromatic hydroxyl groups is 1. The van der Waals surface area contributed by atoms with Gasteiger partial charge in [0.25, 0.3) is 0 Å². The molecule has 0 atom stereocenters. The molecule has 0 aromatic heterocycles. The standard InChI is InChI=1S/C14H18O3/c1-8(2)10-7-11(12(15)6-9(10)3)14(4-5-14)13(16)17/h6-8,15H,4-5H2,1-3H3,(H,16,17). The molecular weight excluding hydrogens is 216 g/mol. The van der Waals surface area contributed by atoms with Crippen LogP contribution in [0.4, 0.5) is 0 Å². The average molecular weight is 234 g/mol. The molecule has 3 heteroatoms. The number of phenols is 1. The minimum absolute atomic E-state index is 0.117. The summed E-state index contributed by atoms with van der Waals surface area (Å²) in [6.07, 6.45) is 1.24. The number of carbonyl (C=O) groups is 1. The molecule has 92 valence electrons. The van der Waals surface area contributed by atoms with Crippen LogP contribution in [0, 0.1) is 6.92 Å². The lowest BCUT2D eigenvalue weighted by Crippen LogP contribution is -2.20. The number of aryl methyl sites for hydroxylation is 1. The molecule has 1 aromatic rings. The number of carboxylic acid groups (broad SMARTS) is 1. The van der Waals surface area contributed by atoms with Gasteiger partial charge < -0.3 is 10.2 Å². The number of phenolic OH excluding ortho intramolecular Hbond substituents is 1. The maximum absolute atomic E-state index is 11.3. The normalized spacial score (nSPS) is 17.2. The summed E-state index contributed by atoms with van der Waals surface area (Å²) in [6.45, 7) is 6.09. The molecule has 0 amide bonds. The zero-order valence-electron chi connectivity index (χ0n) is 10.4. The molecule has 0 spiro atoms. The van der Waals surface area contributed by atoms with Gasteiger partial charge in [-0.05, 0) is 42.9 Å². The van der Waals surface area contributed by atoms with Crippen molar-refractivity contribution in [1.82, 2.24) is 0 Å². The Kier molecular flexibility index (Phi) is 2.64. The van der Waals surface area contributed by atoms with Crippen LogP contribution >= 0.6 is 0 Å². The smallest absolute Gasteiger partial charge is 0.314 e. The largest absolute Gasteiger partial charge is 0.508 e. The zero-order chi connectivity index (χ0) is 12.8. The topological polar surface area (TPSA) is 57.5 Å². The van der Waals surface area contributed by atoms with E-state index in [1.54, 1.807) is 6.07 Å². The summed E-state index contributed by atoms with van der Waals surface area (Å²) in [5, 5.41) is 19.2. The maximum atomic E-state index is 11.3. The zero-order valence-corrected chi connectivity index (χ0v) is 10.4. The van der Waals surface area contributed by atoms with Crippen LogP contribution in [0.5, 0.6) is 5.75 Å². The highest BCUT2D eigenvalue weighted by Gasteiger charge is 2.53. The van der Waals surface area contributed by atoms with E-state index in [-0.39, 0.29) is 5.75 Å². The Morgan fingerprint density at radius 1 is 1.35 bits per heavy atom. The van der Waals surface area contributed by atoms with Crippen LogP contribution in [0.1, 0.15) is 49.3 Å². The first-order valence-electron chi connectivity index (χ1n) is 5.96. The number of aliphatic carboxylic acids is 1. The van der Waals surface area contributed by atoms with Crippen molar-refractivity contribution in [1.29, 1.82) is 0 Å². The summed E-state index contributed by atoms with van der Waals surface area (Å²) >= 11 is 0. The van der Waals surface area contributed by atoms with Crippen molar-refractivity contribution < 1.29 is 15.0 Å². The lowest BCUT2D eigenvalue weighted by Gasteiger charge is -2.17. The summed E-state index contributed by atoms with van der Waals surface area (Å²) in [7, 11) is 0. The van der Waals surface area contributed by atoms with Crippen LogP contribution < -0.4 is 0 Å². The summed E-state index contributed by atoms with van der Waals surface area (Å²) in [4.78, 5) is 11.3. The monoisotopic (exact) mass is 234 g/mol. The third-order valence-electron chi connectivity index (χ3n) is 3.68. The Bertz CT molecular complexity index is 471. The first kappa shape index (κ1) is 12.0. The van der Waals surface area contributed by atoms with Gasteiger partial charge >= 0.3 is 5.97 Å². The molecule has 0 unspecified atom stereocenters. The number of hydrogen-bond donors (Lipinski definition) is 2. The van der Waals surface area contributed by atoms with Gasteiger partial charge in [-0.1, -0.05) is 19.9 Å². The van der Waals surface area contributed by atoms with Gasteiger partial charge in [-0.2, -0.15) is 0 Å². The van der Waals surface area contributed by atoms with E-state index in [1.165, 1.54) is 0 Å². The predicted octanol–water partition coefficient (Wildman–Crippen LogP) is 2.94. The van der Waals surface area contributed by atoms with Gasteiger partial charge in [0, 0.05) is 5.56 Å². The first-order chi connectivity index (χ1) is 7.88. The second-order valence-corrected chi connectivity index (χ2v) is 5.27. The predicted molar refractivity (Wildman–Crippen MR) is 65.5 cm³/mol. The summed E-state index contributed by atoms with van der Waals surface area (Å²) < 4.78 is 0. The Balaban J connectivity index is 2.55. The second kappa shape index (κ2) is 3.76. The van der Waals surface area contributed by atoms with Crippen molar-refractivity contribution in [3.05, 3.63) is 28.8 Å². The molecule has 1 aliphatic rings. The molecule has 3 nitrogen and oxygen atoms in total. The van der Waals surface area contributed by atoms with E-state index in [4.69, 9.17) is 0 Å². The molecule has 0 heterocycles. The SMILES string of the molecule is Cc1cc(O)c(C2(C(=O)O)CC2)cc1C(C)C. The number of carboxylic acids is 1. The van der Waals surface area contributed by atoms with Crippen LogP contribution in [-0.2, 0) is 10.2 Å². The highest BCUT2D eigenvalue weighted by Crippen LogP contribution is 2.52. The van der Waals surface area contributed by atoms with E-state index in [0.717, 1.165) is 11.1 Å². The molecule has 0 radical (unpaired) electrons. The van der Waals surface area contributed by atoms with Gasteiger partial charge in [0.2, 0.25) is 0 Å². The molecule has 0 aliphatic heterocycles. The minimum atomic E-state index is -0.832. The maximum Gasteiger partial charge on any atom is 0.314 e. The third kappa shape index (κ3) is 1.79. The third-order valence-corrected chi connectivity index (χ3v) is 3.68. The quantitative estimate of drug-likeness (QED) is 0.845. The Morgan fingerprint density at radius 2 is 1.94 bits per heavy atom. The molecule has 2 rings (SSSR count). The van der Waals surface area contributed by atoms with Gasteiger partial charge in [-0.25, -0.2) is 0 Å². The van der Waals surface area contributed by atoms with Gasteiger partial charge in [0.05, 0.1) is 5.41 Å². The fourth-order valence-corrected chi connectivity index (χ4v) is 2.44. The van der Waals surface area contributed by atoms with E-state index in [9.17, 15) is 15.0 Å². The molecule has 0 saturated heterocycles. The van der Waals surface area contributed by atoms with Gasteiger partial charge in [-0.15, -0.1) is 0 Å². The fraction of sp³-hybridized carbons (Fsp3) is 0.500. The molecule has 2 N–H and O–H groups in total. The Hall–Kier alpha value is -1.51. The number of benzene rings is 1. The van der Waals surface area contributed by atoms with Crippen LogP contribution in [0.15, 0.2) is 12.1 Å². The molecular formula is C14H18O3. The van der Waals surface area contributed by atoms with Crippen molar-refractivity contribution in [3.63, 3.8) is 0 Å². The highest BCUT2D eigenvalue weighted by molar-refractivity contribution is 5.86. The fourth-order valence-electron chi connectivity index (χ4n) is 2.44. The van der Waals surface area contributed by atoms with E-state index >= 15 is 0 Å². The first-order valence-corrected chi connectivity index (χ1v) is 5.96.